The van der Waals surface area contributed by atoms with Gasteiger partial charge in [0.15, 0.2) is 17.3 Å². The number of carbonyl (C=O) groups excluding carboxylic acids is 3. The molecule has 0 aliphatic rings. The molecule has 7 heteroatoms. The second-order valence-corrected chi connectivity index (χ2v) is 8.20. The number of ketones is 1. The first-order valence-electron chi connectivity index (χ1n) is 12.1. The standard InChI is InChI=1S/C29H32N2O5/c1-4-15-35-25-14-13-21(18-26(25)36-16-5-2)27(32)23-11-6-7-12-24(23)29(34)31-19-20-9-8-10-22(17-20)28(33)30-3/h6-14,17-18H,4-5,15-16,19H2,1-3H3,(H,30,33)(H,31,34). The molecule has 2 N–H and O–H groups in total. The summed E-state index contributed by atoms with van der Waals surface area (Å²) in [5.74, 6) is 0.230. The first-order valence-corrected chi connectivity index (χ1v) is 12.1. The molecule has 7 nitrogen and oxygen atoms in total. The predicted molar refractivity (Wildman–Crippen MR) is 139 cm³/mol. The molecule has 2 amide bonds. The fraction of sp³-hybridized carbons (Fsp3) is 0.276. The highest BCUT2D eigenvalue weighted by Crippen LogP contribution is 2.30. The highest BCUT2D eigenvalue weighted by Gasteiger charge is 2.20. The molecule has 0 saturated heterocycles. The van der Waals surface area contributed by atoms with E-state index in [1.807, 2.05) is 19.9 Å². The summed E-state index contributed by atoms with van der Waals surface area (Å²) in [7, 11) is 1.56. The third-order valence-corrected chi connectivity index (χ3v) is 5.41. The fourth-order valence-electron chi connectivity index (χ4n) is 3.58. The third-order valence-electron chi connectivity index (χ3n) is 5.41. The van der Waals surface area contributed by atoms with Gasteiger partial charge in [-0.1, -0.05) is 44.2 Å². The van der Waals surface area contributed by atoms with Crippen LogP contribution in [0.5, 0.6) is 11.5 Å². The normalized spacial score (nSPS) is 10.4. The molecule has 0 aromatic heterocycles. The van der Waals surface area contributed by atoms with Gasteiger partial charge in [0, 0.05) is 30.3 Å². The van der Waals surface area contributed by atoms with E-state index in [0.717, 1.165) is 18.4 Å². The molecule has 36 heavy (non-hydrogen) atoms. The molecule has 3 rings (SSSR count). The van der Waals surface area contributed by atoms with E-state index < -0.39 is 0 Å². The Morgan fingerprint density at radius 1 is 0.722 bits per heavy atom. The number of benzene rings is 3. The van der Waals surface area contributed by atoms with Crippen molar-refractivity contribution in [2.24, 2.45) is 0 Å². The zero-order valence-electron chi connectivity index (χ0n) is 20.9. The Bertz CT molecular complexity index is 1220. The zero-order chi connectivity index (χ0) is 25.9. The average Bonchev–Trinajstić information content (AvgIpc) is 2.93. The molecule has 0 radical (unpaired) electrons. The number of nitrogens with one attached hydrogen (secondary N) is 2. The maximum Gasteiger partial charge on any atom is 0.252 e. The molecule has 3 aromatic rings. The van der Waals surface area contributed by atoms with Gasteiger partial charge in [0.05, 0.1) is 18.8 Å². The van der Waals surface area contributed by atoms with Crippen LogP contribution >= 0.6 is 0 Å². The fourth-order valence-corrected chi connectivity index (χ4v) is 3.58. The van der Waals surface area contributed by atoms with Crippen molar-refractivity contribution in [3.05, 3.63) is 94.5 Å². The summed E-state index contributed by atoms with van der Waals surface area (Å²) in [5.41, 5.74) is 2.24. The quantitative estimate of drug-likeness (QED) is 0.358. The molecule has 0 unspecified atom stereocenters. The lowest BCUT2D eigenvalue weighted by atomic mass is 9.97. The van der Waals surface area contributed by atoms with Gasteiger partial charge in [-0.2, -0.15) is 0 Å². The van der Waals surface area contributed by atoms with Gasteiger partial charge in [0.2, 0.25) is 0 Å². The second-order valence-electron chi connectivity index (χ2n) is 8.20. The summed E-state index contributed by atoms with van der Waals surface area (Å²) in [6, 6.07) is 18.8. The van der Waals surface area contributed by atoms with Crippen LogP contribution in [0.25, 0.3) is 0 Å². The Kier molecular flexibility index (Phi) is 9.63. The zero-order valence-corrected chi connectivity index (χ0v) is 20.9. The van der Waals surface area contributed by atoms with Gasteiger partial charge >= 0.3 is 0 Å². The molecular weight excluding hydrogens is 456 g/mol. The van der Waals surface area contributed by atoms with E-state index in [0.29, 0.717) is 35.8 Å². The van der Waals surface area contributed by atoms with Crippen molar-refractivity contribution in [2.45, 2.75) is 33.2 Å². The van der Waals surface area contributed by atoms with E-state index in [4.69, 9.17) is 9.47 Å². The lowest BCUT2D eigenvalue weighted by Crippen LogP contribution is -2.25. The van der Waals surface area contributed by atoms with Gasteiger partial charge in [-0.25, -0.2) is 0 Å². The van der Waals surface area contributed by atoms with E-state index in [2.05, 4.69) is 10.6 Å². The SMILES string of the molecule is CCCOc1ccc(C(=O)c2ccccc2C(=O)NCc2cccc(C(=O)NC)c2)cc1OCCC. The van der Waals surface area contributed by atoms with Crippen LogP contribution in [0.1, 0.15) is 68.9 Å². The summed E-state index contributed by atoms with van der Waals surface area (Å²) in [5, 5.41) is 5.43. The van der Waals surface area contributed by atoms with Crippen LogP contribution in [0.2, 0.25) is 0 Å². The molecule has 0 aliphatic carbocycles. The van der Waals surface area contributed by atoms with Crippen molar-refractivity contribution >= 4 is 17.6 Å². The largest absolute Gasteiger partial charge is 0.490 e. The highest BCUT2D eigenvalue weighted by atomic mass is 16.5. The molecule has 0 atom stereocenters. The summed E-state index contributed by atoms with van der Waals surface area (Å²) >= 11 is 0. The van der Waals surface area contributed by atoms with Crippen molar-refractivity contribution in [3.63, 3.8) is 0 Å². The van der Waals surface area contributed by atoms with Crippen LogP contribution in [0.3, 0.4) is 0 Å². The molecule has 0 saturated carbocycles. The molecule has 0 fully saturated rings. The minimum absolute atomic E-state index is 0.201. The van der Waals surface area contributed by atoms with Crippen molar-refractivity contribution in [1.82, 2.24) is 10.6 Å². The average molecular weight is 489 g/mol. The van der Waals surface area contributed by atoms with Crippen molar-refractivity contribution < 1.29 is 23.9 Å². The molecule has 0 bridgehead atoms. The summed E-state index contributed by atoms with van der Waals surface area (Å²) < 4.78 is 11.6. The van der Waals surface area contributed by atoms with Gasteiger partial charge in [-0.3, -0.25) is 14.4 Å². The van der Waals surface area contributed by atoms with Gasteiger partial charge in [-0.05, 0) is 54.8 Å². The minimum atomic E-state index is -0.380. The first-order chi connectivity index (χ1) is 17.5. The highest BCUT2D eigenvalue weighted by molar-refractivity contribution is 6.15. The van der Waals surface area contributed by atoms with Crippen LogP contribution in [-0.2, 0) is 6.54 Å². The van der Waals surface area contributed by atoms with Gasteiger partial charge in [0.1, 0.15) is 0 Å². The van der Waals surface area contributed by atoms with Crippen LogP contribution in [-0.4, -0.2) is 37.9 Å². The Morgan fingerprint density at radius 3 is 2.11 bits per heavy atom. The van der Waals surface area contributed by atoms with Crippen LogP contribution in [0, 0.1) is 0 Å². The summed E-state index contributed by atoms with van der Waals surface area (Å²) in [6.45, 7) is 5.28. The van der Waals surface area contributed by atoms with E-state index in [-0.39, 0.29) is 35.3 Å². The number of ether oxygens (including phenoxy) is 2. The van der Waals surface area contributed by atoms with Crippen LogP contribution < -0.4 is 20.1 Å². The predicted octanol–water partition coefficient (Wildman–Crippen LogP) is 4.78. The van der Waals surface area contributed by atoms with Gasteiger partial charge < -0.3 is 20.1 Å². The third kappa shape index (κ3) is 6.72. The Balaban J connectivity index is 1.81. The Hall–Kier alpha value is -4.13. The smallest absolute Gasteiger partial charge is 0.252 e. The lowest BCUT2D eigenvalue weighted by Gasteiger charge is -2.14. The monoisotopic (exact) mass is 488 g/mol. The first kappa shape index (κ1) is 26.5. The number of rotatable bonds is 12. The number of amides is 2. The summed E-state index contributed by atoms with van der Waals surface area (Å²) in [4.78, 5) is 38.4. The van der Waals surface area contributed by atoms with E-state index >= 15 is 0 Å². The van der Waals surface area contributed by atoms with Crippen LogP contribution in [0.15, 0.2) is 66.7 Å². The maximum absolute atomic E-state index is 13.4. The van der Waals surface area contributed by atoms with Crippen molar-refractivity contribution in [1.29, 1.82) is 0 Å². The second kappa shape index (κ2) is 13.1. The molecule has 188 valence electrons. The van der Waals surface area contributed by atoms with Gasteiger partial charge in [0.25, 0.3) is 11.8 Å². The number of hydrogen-bond donors (Lipinski definition) is 2. The molecule has 0 heterocycles. The molecule has 3 aromatic carbocycles. The summed E-state index contributed by atoms with van der Waals surface area (Å²) in [6.07, 6.45) is 1.67. The molecule has 0 aliphatic heterocycles. The van der Waals surface area contributed by atoms with E-state index in [1.54, 1.807) is 67.7 Å². The Morgan fingerprint density at radius 2 is 1.42 bits per heavy atom. The molecular formula is C29H32N2O5. The van der Waals surface area contributed by atoms with Crippen LogP contribution in [0.4, 0.5) is 0 Å². The van der Waals surface area contributed by atoms with E-state index in [1.165, 1.54) is 0 Å². The van der Waals surface area contributed by atoms with E-state index in [9.17, 15) is 14.4 Å². The maximum atomic E-state index is 13.4. The number of carbonyl (C=O) groups is 3. The minimum Gasteiger partial charge on any atom is -0.490 e. The Labute approximate surface area is 211 Å². The topological polar surface area (TPSA) is 93.7 Å². The van der Waals surface area contributed by atoms with Crippen molar-refractivity contribution in [2.75, 3.05) is 20.3 Å². The van der Waals surface area contributed by atoms with Crippen molar-refractivity contribution in [3.8, 4) is 11.5 Å². The number of hydrogen-bond acceptors (Lipinski definition) is 5. The molecule has 0 spiro atoms. The lowest BCUT2D eigenvalue weighted by molar-refractivity contribution is 0.0939. The van der Waals surface area contributed by atoms with Gasteiger partial charge in [-0.15, -0.1) is 0 Å².